The summed E-state index contributed by atoms with van der Waals surface area (Å²) < 4.78 is 0. The maximum atomic E-state index is 3.92. The van der Waals surface area contributed by atoms with Gasteiger partial charge in [0.05, 0.1) is 0 Å². The molecule has 0 bridgehead atoms. The highest BCUT2D eigenvalue weighted by molar-refractivity contribution is 5.28. The van der Waals surface area contributed by atoms with E-state index in [1.165, 1.54) is 0 Å². The molecular weight excluding hydrogens is 174 g/mol. The van der Waals surface area contributed by atoms with Gasteiger partial charge in [0.1, 0.15) is 5.82 Å². The molecule has 1 fully saturated rings. The minimum absolute atomic E-state index is 0.146. The van der Waals surface area contributed by atoms with Crippen molar-refractivity contribution in [3.05, 3.63) is 12.4 Å². The molecule has 14 heavy (non-hydrogen) atoms. The SMILES string of the molecule is C=NC(=C)N1CC(N(C)C)CC1(C)C. The zero-order valence-electron chi connectivity index (χ0n) is 9.75. The van der Waals surface area contributed by atoms with Gasteiger partial charge in [-0.2, -0.15) is 0 Å². The van der Waals surface area contributed by atoms with E-state index in [1.54, 1.807) is 0 Å². The van der Waals surface area contributed by atoms with Gasteiger partial charge in [0.2, 0.25) is 0 Å². The summed E-state index contributed by atoms with van der Waals surface area (Å²) in [5, 5.41) is 0. The van der Waals surface area contributed by atoms with Gasteiger partial charge in [0.25, 0.3) is 0 Å². The second kappa shape index (κ2) is 3.73. The molecule has 1 unspecified atom stereocenters. The molecule has 1 atom stereocenters. The second-order valence-electron chi connectivity index (χ2n) is 4.82. The summed E-state index contributed by atoms with van der Waals surface area (Å²) in [6.07, 6.45) is 1.15. The molecule has 80 valence electrons. The van der Waals surface area contributed by atoms with E-state index in [0.29, 0.717) is 6.04 Å². The Balaban J connectivity index is 2.78. The van der Waals surface area contributed by atoms with E-state index in [4.69, 9.17) is 0 Å². The number of nitrogens with zero attached hydrogens (tertiary/aromatic N) is 3. The Kier molecular flexibility index (Phi) is 3.00. The molecule has 3 nitrogen and oxygen atoms in total. The minimum atomic E-state index is 0.146. The quantitative estimate of drug-likeness (QED) is 0.637. The molecule has 0 N–H and O–H groups in total. The normalized spacial score (nSPS) is 25.5. The third-order valence-electron chi connectivity index (χ3n) is 3.08. The van der Waals surface area contributed by atoms with E-state index in [2.05, 4.69) is 56.0 Å². The van der Waals surface area contributed by atoms with Crippen LogP contribution >= 0.6 is 0 Å². The fraction of sp³-hybridized carbons (Fsp3) is 0.727. The lowest BCUT2D eigenvalue weighted by Gasteiger charge is -2.32. The maximum absolute atomic E-state index is 3.92. The fourth-order valence-corrected chi connectivity index (χ4v) is 2.10. The minimum Gasteiger partial charge on any atom is -0.350 e. The third kappa shape index (κ3) is 1.98. The summed E-state index contributed by atoms with van der Waals surface area (Å²) in [5.41, 5.74) is 0.146. The van der Waals surface area contributed by atoms with Gasteiger partial charge in [-0.15, -0.1) is 0 Å². The summed E-state index contributed by atoms with van der Waals surface area (Å²) in [4.78, 5) is 8.43. The Hall–Kier alpha value is -0.830. The molecule has 0 radical (unpaired) electrons. The first-order chi connectivity index (χ1) is 6.38. The van der Waals surface area contributed by atoms with Crippen molar-refractivity contribution in [2.24, 2.45) is 4.99 Å². The molecule has 1 saturated heterocycles. The lowest BCUT2D eigenvalue weighted by atomic mass is 10.00. The number of hydrogen-bond acceptors (Lipinski definition) is 3. The fourth-order valence-electron chi connectivity index (χ4n) is 2.10. The monoisotopic (exact) mass is 195 g/mol. The van der Waals surface area contributed by atoms with Gasteiger partial charge in [-0.05, 0) is 41.1 Å². The van der Waals surface area contributed by atoms with Crippen molar-refractivity contribution in [1.29, 1.82) is 0 Å². The average Bonchev–Trinajstić information content (AvgIpc) is 2.40. The van der Waals surface area contributed by atoms with E-state index in [0.717, 1.165) is 18.8 Å². The van der Waals surface area contributed by atoms with Gasteiger partial charge in [-0.25, -0.2) is 4.99 Å². The zero-order chi connectivity index (χ0) is 10.9. The third-order valence-corrected chi connectivity index (χ3v) is 3.08. The van der Waals surface area contributed by atoms with E-state index < -0.39 is 0 Å². The molecule has 1 heterocycles. The first-order valence-electron chi connectivity index (χ1n) is 4.98. The van der Waals surface area contributed by atoms with Gasteiger partial charge < -0.3 is 9.80 Å². The molecule has 1 aliphatic heterocycles. The molecule has 0 aromatic rings. The molecule has 0 saturated carbocycles. The van der Waals surface area contributed by atoms with Crippen molar-refractivity contribution >= 4 is 6.72 Å². The van der Waals surface area contributed by atoms with Crippen LogP contribution < -0.4 is 0 Å². The predicted octanol–water partition coefficient (Wildman–Crippen LogP) is 1.57. The molecule has 0 aliphatic carbocycles. The van der Waals surface area contributed by atoms with Crippen LogP contribution in [0.25, 0.3) is 0 Å². The highest BCUT2D eigenvalue weighted by atomic mass is 15.3. The van der Waals surface area contributed by atoms with Crippen molar-refractivity contribution in [1.82, 2.24) is 9.80 Å². The Morgan fingerprint density at radius 2 is 2.07 bits per heavy atom. The average molecular weight is 195 g/mol. The largest absolute Gasteiger partial charge is 0.350 e. The van der Waals surface area contributed by atoms with Crippen LogP contribution in [0.4, 0.5) is 0 Å². The van der Waals surface area contributed by atoms with Crippen LogP contribution in [0.5, 0.6) is 0 Å². The van der Waals surface area contributed by atoms with Crippen LogP contribution in [0.1, 0.15) is 20.3 Å². The summed E-state index contributed by atoms with van der Waals surface area (Å²) in [6, 6.07) is 0.587. The van der Waals surface area contributed by atoms with Crippen molar-refractivity contribution in [3.63, 3.8) is 0 Å². The molecule has 0 spiro atoms. The summed E-state index contributed by atoms with van der Waals surface area (Å²) in [6.45, 7) is 12.9. The molecule has 0 aromatic carbocycles. The Morgan fingerprint density at radius 1 is 1.50 bits per heavy atom. The number of aliphatic imine (C=N–C) groups is 1. The molecule has 1 aliphatic rings. The summed E-state index contributed by atoms with van der Waals surface area (Å²) in [5.74, 6) is 0.791. The maximum Gasteiger partial charge on any atom is 0.120 e. The van der Waals surface area contributed by atoms with Gasteiger partial charge in [0.15, 0.2) is 0 Å². The predicted molar refractivity (Wildman–Crippen MR) is 61.6 cm³/mol. The Morgan fingerprint density at radius 3 is 2.43 bits per heavy atom. The van der Waals surface area contributed by atoms with Gasteiger partial charge in [-0.1, -0.05) is 6.58 Å². The van der Waals surface area contributed by atoms with Crippen molar-refractivity contribution in [2.75, 3.05) is 20.6 Å². The molecule has 3 heteroatoms. The van der Waals surface area contributed by atoms with Gasteiger partial charge in [-0.3, -0.25) is 0 Å². The number of likely N-dealkylation sites (N-methyl/N-ethyl adjacent to an activating group) is 1. The van der Waals surface area contributed by atoms with Crippen molar-refractivity contribution in [3.8, 4) is 0 Å². The standard InChI is InChI=1S/C11H21N3/c1-9(12-4)14-8-10(13(5)6)7-11(14,2)3/h10H,1,4,7-8H2,2-3,5-6H3. The number of hydrogen-bond donors (Lipinski definition) is 0. The van der Waals surface area contributed by atoms with E-state index in [-0.39, 0.29) is 5.54 Å². The van der Waals surface area contributed by atoms with Gasteiger partial charge >= 0.3 is 0 Å². The Labute approximate surface area is 87.1 Å². The van der Waals surface area contributed by atoms with E-state index >= 15 is 0 Å². The Bertz CT molecular complexity index is 243. The smallest absolute Gasteiger partial charge is 0.120 e. The van der Waals surface area contributed by atoms with Crippen molar-refractivity contribution in [2.45, 2.75) is 31.8 Å². The van der Waals surface area contributed by atoms with Crippen LogP contribution in [0.2, 0.25) is 0 Å². The van der Waals surface area contributed by atoms with Crippen LogP contribution in [0.3, 0.4) is 0 Å². The first-order valence-corrected chi connectivity index (χ1v) is 4.98. The molecule has 1 rings (SSSR count). The van der Waals surface area contributed by atoms with Gasteiger partial charge in [0, 0.05) is 18.1 Å². The van der Waals surface area contributed by atoms with Crippen LogP contribution in [-0.2, 0) is 0 Å². The zero-order valence-corrected chi connectivity index (χ0v) is 9.75. The van der Waals surface area contributed by atoms with E-state index in [9.17, 15) is 0 Å². The first kappa shape index (κ1) is 11.2. The lowest BCUT2D eigenvalue weighted by Crippen LogP contribution is -2.36. The van der Waals surface area contributed by atoms with Crippen LogP contribution in [0, 0.1) is 0 Å². The van der Waals surface area contributed by atoms with E-state index in [1.807, 2.05) is 0 Å². The number of rotatable bonds is 3. The van der Waals surface area contributed by atoms with Crippen LogP contribution in [0.15, 0.2) is 17.4 Å². The highest BCUT2D eigenvalue weighted by Gasteiger charge is 2.39. The topological polar surface area (TPSA) is 18.8 Å². The second-order valence-corrected chi connectivity index (χ2v) is 4.82. The molecular formula is C11H21N3. The van der Waals surface area contributed by atoms with Crippen LogP contribution in [-0.4, -0.2) is 48.7 Å². The lowest BCUT2D eigenvalue weighted by molar-refractivity contribution is 0.226. The molecule has 0 aromatic heterocycles. The molecule has 0 amide bonds. The highest BCUT2D eigenvalue weighted by Crippen LogP contribution is 2.33. The van der Waals surface area contributed by atoms with Crippen molar-refractivity contribution < 1.29 is 0 Å². The number of likely N-dealkylation sites (tertiary alicyclic amines) is 1. The summed E-state index contributed by atoms with van der Waals surface area (Å²) in [7, 11) is 4.24. The summed E-state index contributed by atoms with van der Waals surface area (Å²) >= 11 is 0.